The van der Waals surface area contributed by atoms with Gasteiger partial charge in [0.1, 0.15) is 12.4 Å². The third kappa shape index (κ3) is 5.10. The molecule has 0 saturated carbocycles. The molecular formula is C24H30N2O4S. The van der Waals surface area contributed by atoms with Crippen LogP contribution in [0.15, 0.2) is 35.7 Å². The Kier molecular flexibility index (Phi) is 6.92. The van der Waals surface area contributed by atoms with Gasteiger partial charge in [-0.25, -0.2) is 0 Å². The second-order valence-corrected chi connectivity index (χ2v) is 9.26. The van der Waals surface area contributed by atoms with E-state index < -0.39 is 0 Å². The van der Waals surface area contributed by atoms with Crippen molar-refractivity contribution in [2.24, 2.45) is 0 Å². The number of thiophene rings is 1. The molecule has 7 heteroatoms. The summed E-state index contributed by atoms with van der Waals surface area (Å²) in [6.07, 6.45) is 2.82. The first-order valence-corrected chi connectivity index (χ1v) is 11.8. The summed E-state index contributed by atoms with van der Waals surface area (Å²) in [5.41, 5.74) is 2.23. The average Bonchev–Trinajstić information content (AvgIpc) is 3.44. The minimum absolute atomic E-state index is 0.0294. The molecule has 3 heterocycles. The highest BCUT2D eigenvalue weighted by Crippen LogP contribution is 2.34. The zero-order valence-corrected chi connectivity index (χ0v) is 19.0. The van der Waals surface area contributed by atoms with E-state index in [0.29, 0.717) is 19.7 Å². The fourth-order valence-electron chi connectivity index (χ4n) is 4.35. The smallest absolute Gasteiger partial charge is 0.242 e. The van der Waals surface area contributed by atoms with Crippen molar-refractivity contribution in [1.29, 1.82) is 0 Å². The highest BCUT2D eigenvalue weighted by Gasteiger charge is 2.34. The number of nitrogens with zero attached hydrogens (tertiary/aromatic N) is 2. The van der Waals surface area contributed by atoms with Gasteiger partial charge in [0, 0.05) is 31.5 Å². The van der Waals surface area contributed by atoms with Gasteiger partial charge in [0.2, 0.25) is 11.8 Å². The number of carbonyl (C=O) groups is 2. The van der Waals surface area contributed by atoms with E-state index in [0.717, 1.165) is 42.7 Å². The van der Waals surface area contributed by atoms with Gasteiger partial charge in [-0.3, -0.25) is 9.59 Å². The third-order valence-electron chi connectivity index (χ3n) is 6.12. The van der Waals surface area contributed by atoms with Crippen LogP contribution in [0, 0.1) is 6.92 Å². The van der Waals surface area contributed by atoms with E-state index in [9.17, 15) is 9.59 Å². The number of hydrogen-bond donors (Lipinski definition) is 0. The van der Waals surface area contributed by atoms with Crippen molar-refractivity contribution in [1.82, 2.24) is 9.80 Å². The molecule has 0 bridgehead atoms. The molecule has 0 N–H and O–H groups in total. The first-order chi connectivity index (χ1) is 15.0. The van der Waals surface area contributed by atoms with Gasteiger partial charge in [0.15, 0.2) is 0 Å². The van der Waals surface area contributed by atoms with Gasteiger partial charge in [0.05, 0.1) is 18.7 Å². The zero-order valence-electron chi connectivity index (χ0n) is 18.2. The lowest BCUT2D eigenvalue weighted by atomic mass is 10.00. The van der Waals surface area contributed by atoms with E-state index >= 15 is 0 Å². The normalized spacial score (nSPS) is 20.4. The van der Waals surface area contributed by atoms with Crippen LogP contribution in [0.5, 0.6) is 5.75 Å². The molecule has 0 radical (unpaired) electrons. The molecule has 4 rings (SSSR count). The number of benzene rings is 1. The number of amides is 2. The van der Waals surface area contributed by atoms with Crippen LogP contribution in [0.3, 0.4) is 0 Å². The number of hydrogen-bond acceptors (Lipinski definition) is 5. The summed E-state index contributed by atoms with van der Waals surface area (Å²) >= 11 is 1.73. The van der Waals surface area contributed by atoms with E-state index in [1.165, 1.54) is 11.8 Å². The highest BCUT2D eigenvalue weighted by molar-refractivity contribution is 7.10. The lowest BCUT2D eigenvalue weighted by Gasteiger charge is -2.37. The van der Waals surface area contributed by atoms with E-state index in [1.54, 1.807) is 16.2 Å². The standard InChI is InChI=1S/C24H30N2O4S/c1-17-6-3-4-8-22(17)30-16-21-20-10-13-31-23(20)9-11-26(21)24(28)15-25(18(2)27)14-19-7-5-12-29-19/h3-4,6,8,10,13,19,21H,5,7,9,11-12,14-16H2,1-2H3/t19-,21+/m1/s1. The SMILES string of the molecule is CC(=O)N(CC(=O)N1CCc2sccc2[C@@H]1COc1ccccc1C)C[C@H]1CCCO1. The molecule has 0 unspecified atom stereocenters. The van der Waals surface area contributed by atoms with Gasteiger partial charge in [-0.05, 0) is 54.8 Å². The molecule has 2 aromatic rings. The lowest BCUT2D eigenvalue weighted by Crippen LogP contribution is -2.48. The number of rotatable bonds is 7. The Bertz CT molecular complexity index is 922. The maximum atomic E-state index is 13.3. The summed E-state index contributed by atoms with van der Waals surface area (Å²) in [6, 6.07) is 9.86. The lowest BCUT2D eigenvalue weighted by molar-refractivity contribution is -0.142. The Morgan fingerprint density at radius 3 is 2.87 bits per heavy atom. The quantitative estimate of drug-likeness (QED) is 0.658. The predicted molar refractivity (Wildman–Crippen MR) is 120 cm³/mol. The van der Waals surface area contributed by atoms with Crippen LogP contribution < -0.4 is 4.74 Å². The number of ether oxygens (including phenoxy) is 2. The van der Waals surface area contributed by atoms with Crippen molar-refractivity contribution in [3.05, 3.63) is 51.7 Å². The van der Waals surface area contributed by atoms with Crippen molar-refractivity contribution < 1.29 is 19.1 Å². The molecular weight excluding hydrogens is 412 g/mol. The van der Waals surface area contributed by atoms with Gasteiger partial charge in [-0.15, -0.1) is 11.3 Å². The molecule has 166 valence electrons. The highest BCUT2D eigenvalue weighted by atomic mass is 32.1. The molecule has 2 aliphatic rings. The molecule has 2 atom stereocenters. The minimum Gasteiger partial charge on any atom is -0.491 e. The fraction of sp³-hybridized carbons (Fsp3) is 0.500. The van der Waals surface area contributed by atoms with Gasteiger partial charge in [-0.1, -0.05) is 18.2 Å². The number of carbonyl (C=O) groups excluding carboxylic acids is 2. The van der Waals surface area contributed by atoms with Crippen molar-refractivity contribution in [3.63, 3.8) is 0 Å². The van der Waals surface area contributed by atoms with Crippen LogP contribution in [0.2, 0.25) is 0 Å². The fourth-order valence-corrected chi connectivity index (χ4v) is 5.28. The van der Waals surface area contributed by atoms with Crippen LogP contribution >= 0.6 is 11.3 Å². The summed E-state index contributed by atoms with van der Waals surface area (Å²) in [5, 5.41) is 2.08. The summed E-state index contributed by atoms with van der Waals surface area (Å²) < 4.78 is 11.8. The van der Waals surface area contributed by atoms with Crippen molar-refractivity contribution in [2.45, 2.75) is 45.3 Å². The van der Waals surface area contributed by atoms with E-state index in [4.69, 9.17) is 9.47 Å². The van der Waals surface area contributed by atoms with Gasteiger partial charge in [0.25, 0.3) is 0 Å². The largest absolute Gasteiger partial charge is 0.491 e. The Balaban J connectivity index is 1.48. The molecule has 0 aliphatic carbocycles. The number of fused-ring (bicyclic) bond motifs is 1. The minimum atomic E-state index is -0.154. The Morgan fingerprint density at radius 1 is 1.29 bits per heavy atom. The van der Waals surface area contributed by atoms with Crippen molar-refractivity contribution in [3.8, 4) is 5.75 Å². The summed E-state index contributed by atoms with van der Waals surface area (Å²) in [7, 11) is 0. The van der Waals surface area contributed by atoms with Crippen molar-refractivity contribution in [2.75, 3.05) is 32.8 Å². The summed E-state index contributed by atoms with van der Waals surface area (Å²) in [4.78, 5) is 30.4. The third-order valence-corrected chi connectivity index (χ3v) is 7.12. The van der Waals surface area contributed by atoms with Crippen molar-refractivity contribution >= 4 is 23.2 Å². The van der Waals surface area contributed by atoms with Crippen LogP contribution in [-0.4, -0.2) is 60.6 Å². The number of aryl methyl sites for hydroxylation is 1. The maximum absolute atomic E-state index is 13.3. The Hall–Kier alpha value is -2.38. The van der Waals surface area contributed by atoms with Crippen LogP contribution in [-0.2, 0) is 20.7 Å². The number of para-hydroxylation sites is 1. The average molecular weight is 443 g/mol. The molecule has 2 aliphatic heterocycles. The first kappa shape index (κ1) is 21.8. The molecule has 6 nitrogen and oxygen atoms in total. The van der Waals surface area contributed by atoms with Crippen LogP contribution in [0.1, 0.15) is 41.8 Å². The van der Waals surface area contributed by atoms with Crippen LogP contribution in [0.4, 0.5) is 0 Å². The molecule has 31 heavy (non-hydrogen) atoms. The summed E-state index contributed by atoms with van der Waals surface area (Å²) in [6.45, 7) is 5.86. The molecule has 1 aromatic carbocycles. The molecule has 1 aromatic heterocycles. The van der Waals surface area contributed by atoms with E-state index in [1.807, 2.05) is 36.1 Å². The van der Waals surface area contributed by atoms with Gasteiger partial charge >= 0.3 is 0 Å². The molecule has 1 saturated heterocycles. The zero-order chi connectivity index (χ0) is 21.8. The van der Waals surface area contributed by atoms with Crippen LogP contribution in [0.25, 0.3) is 0 Å². The van der Waals surface area contributed by atoms with E-state index in [2.05, 4.69) is 11.4 Å². The molecule has 2 amide bonds. The monoisotopic (exact) mass is 442 g/mol. The molecule has 1 fully saturated rings. The van der Waals surface area contributed by atoms with Gasteiger partial charge in [-0.2, -0.15) is 0 Å². The topological polar surface area (TPSA) is 59.1 Å². The van der Waals surface area contributed by atoms with E-state index in [-0.39, 0.29) is 30.5 Å². The second kappa shape index (κ2) is 9.83. The Morgan fingerprint density at radius 2 is 2.13 bits per heavy atom. The first-order valence-electron chi connectivity index (χ1n) is 10.9. The second-order valence-electron chi connectivity index (χ2n) is 8.26. The maximum Gasteiger partial charge on any atom is 0.242 e. The predicted octanol–water partition coefficient (Wildman–Crippen LogP) is 3.59. The summed E-state index contributed by atoms with van der Waals surface area (Å²) in [5.74, 6) is 0.703. The van der Waals surface area contributed by atoms with Gasteiger partial charge < -0.3 is 19.3 Å². The Labute approximate surface area is 187 Å². The molecule has 0 spiro atoms.